The van der Waals surface area contributed by atoms with E-state index in [-0.39, 0.29) is 37.9 Å². The number of hydrogen-bond acceptors (Lipinski definition) is 15. The average Bonchev–Trinajstić information content (AvgIpc) is 3.89. The molecule has 11 rings (SSSR count). The lowest BCUT2D eigenvalue weighted by molar-refractivity contribution is -0.338. The summed E-state index contributed by atoms with van der Waals surface area (Å²) in [4.78, 5) is 56.5. The Hall–Kier alpha value is -6.24. The molecule has 0 spiro atoms. The normalized spacial score (nSPS) is 26.2. The largest absolute Gasteiger partial charge is 0.504 e. The number of ether oxygens (including phenoxy) is 8. The molecule has 0 radical (unpaired) electrons. The van der Waals surface area contributed by atoms with Crippen molar-refractivity contribution in [1.82, 2.24) is 10.2 Å². The van der Waals surface area contributed by atoms with Crippen LogP contribution >= 0.6 is 23.2 Å². The van der Waals surface area contributed by atoms with E-state index in [4.69, 9.17) is 61.1 Å². The number of esters is 3. The SMILES string of the molecule is CO[C@@](C(=O)O[C@H]1[C@H](O[C@]23C=CC=C2c2c4ccc(c2Cl)[C@@H](OC(=O)[C@](OC)(c2ccccc2)C(F)(F)F)COC(=O)C[C@H](NC(C)=O)c2cc(O)c(c(Cl)c2)O[C@H]43)OC(C)(C)[C@@H](N(C)C)[C@H]1O)(c1ccccc1)C(F)(F)F. The van der Waals surface area contributed by atoms with E-state index in [2.05, 4.69) is 5.32 Å². The molecule has 0 aromatic heterocycles. The Balaban J connectivity index is 1.31. The van der Waals surface area contributed by atoms with Gasteiger partial charge in [0, 0.05) is 54.5 Å². The van der Waals surface area contributed by atoms with Crippen molar-refractivity contribution in [1.29, 1.82) is 0 Å². The van der Waals surface area contributed by atoms with Gasteiger partial charge in [0.15, 0.2) is 41.7 Å². The van der Waals surface area contributed by atoms with Crippen LogP contribution in [0.5, 0.6) is 11.5 Å². The lowest BCUT2D eigenvalue weighted by atomic mass is 9.85. The fourth-order valence-electron chi connectivity index (χ4n) is 10.7. The highest BCUT2D eigenvalue weighted by molar-refractivity contribution is 6.34. The predicted octanol–water partition coefficient (Wildman–Crippen LogP) is 8.80. The summed E-state index contributed by atoms with van der Waals surface area (Å²) in [6.07, 6.45) is -17.0. The fraction of sp³-hybridized carbons (Fsp3) is 0.407. The first-order valence-electron chi connectivity index (χ1n) is 23.9. The van der Waals surface area contributed by atoms with Crippen LogP contribution in [0.4, 0.5) is 26.3 Å². The highest BCUT2D eigenvalue weighted by Gasteiger charge is 2.67. The number of carbonyl (C=O) groups excluding carboxylic acids is 4. The molecule has 1 saturated heterocycles. The summed E-state index contributed by atoms with van der Waals surface area (Å²) < 4.78 is 139. The Morgan fingerprint density at radius 3 is 1.92 bits per heavy atom. The molecule has 2 aliphatic carbocycles. The number of likely N-dealkylation sites (N-methyl/N-ethyl adjacent to an activating group) is 1. The molecule has 0 saturated carbocycles. The van der Waals surface area contributed by atoms with Gasteiger partial charge in [-0.1, -0.05) is 108 Å². The van der Waals surface area contributed by atoms with Gasteiger partial charge >= 0.3 is 30.3 Å². The maximum Gasteiger partial charge on any atom is 0.432 e. The van der Waals surface area contributed by atoms with E-state index in [0.717, 1.165) is 37.3 Å². The summed E-state index contributed by atoms with van der Waals surface area (Å²) in [5, 5.41) is 25.9. The number of alkyl halides is 6. The zero-order chi connectivity index (χ0) is 57.1. The van der Waals surface area contributed by atoms with E-state index in [9.17, 15) is 29.4 Å². The number of phenols is 1. The van der Waals surface area contributed by atoms with Gasteiger partial charge in [-0.15, -0.1) is 0 Å². The zero-order valence-electron chi connectivity index (χ0n) is 42.5. The second-order valence-corrected chi connectivity index (χ2v) is 20.3. The molecule has 7 aliphatic rings. The van der Waals surface area contributed by atoms with Crippen LogP contribution in [0.3, 0.4) is 0 Å². The number of nitrogens with zero attached hydrogens (tertiary/aromatic N) is 1. The van der Waals surface area contributed by atoms with Crippen molar-refractivity contribution < 1.29 is 93.6 Å². The number of amides is 1. The van der Waals surface area contributed by atoms with Crippen LogP contribution in [-0.4, -0.2) is 122 Å². The van der Waals surface area contributed by atoms with Crippen LogP contribution in [0, 0.1) is 0 Å². The Bertz CT molecular complexity index is 3010. The number of halogens is 8. The standard InChI is InChI=1S/C54H52Cl2F6N2O14/c1-27(65)63-35-25-38(67)73-26-37(74-47(69)51(71-6,53(57,58)59)29-15-10-8-11-16-29)31-20-21-32-39(40(31)56)33-19-14-22-50(33,45(32)75-42-34(55)23-28(35)24-36(42)66)78-46-43(41(68)44(64(4)5)49(2,3)77-46)76-48(70)52(72-7,54(60,61)62)30-17-12-9-13-18-30/h8-24,35,37,41,43-46,66,68H,25-26H2,1-7H3,(H,63,65)/t35-,37-,41-,43+,44-,45+,46-,50+,51+,52+/m0/s1. The maximum absolute atomic E-state index is 15.4. The van der Waals surface area contributed by atoms with Crippen molar-refractivity contribution >= 4 is 52.6 Å². The van der Waals surface area contributed by atoms with Gasteiger partial charge in [-0.25, -0.2) is 9.59 Å². The van der Waals surface area contributed by atoms with Crippen molar-refractivity contribution in [3.8, 4) is 11.5 Å². The smallest absolute Gasteiger partial charge is 0.432 e. The molecule has 5 heterocycles. The minimum atomic E-state index is -5.47. The molecule has 0 unspecified atom stereocenters. The van der Waals surface area contributed by atoms with Crippen LogP contribution in [0.15, 0.2) is 103 Å². The number of aliphatic hydroxyl groups excluding tert-OH is 1. The molecular weight excluding hydrogens is 1090 g/mol. The molecule has 6 bridgehead atoms. The van der Waals surface area contributed by atoms with E-state index in [1.807, 2.05) is 0 Å². The topological polar surface area (TPSA) is 198 Å². The summed E-state index contributed by atoms with van der Waals surface area (Å²) in [5.41, 5.74) is -12.6. The Kier molecular flexibility index (Phi) is 15.9. The van der Waals surface area contributed by atoms with Crippen LogP contribution in [0.25, 0.3) is 5.57 Å². The number of phenolic OH excluding ortho intramolecular Hbond substituents is 1. The number of methoxy groups -OCH3 is 2. The highest BCUT2D eigenvalue weighted by Crippen LogP contribution is 2.60. The van der Waals surface area contributed by atoms with Gasteiger partial charge in [0.25, 0.3) is 11.2 Å². The third-order valence-corrected chi connectivity index (χ3v) is 14.8. The monoisotopic (exact) mass is 1140 g/mol. The number of hydrogen-bond donors (Lipinski definition) is 3. The number of carbonyl (C=O) groups is 4. The van der Waals surface area contributed by atoms with Crippen molar-refractivity contribution in [2.45, 2.75) is 105 Å². The first-order chi connectivity index (χ1) is 36.6. The number of allylic oxidation sites excluding steroid dienone is 2. The van der Waals surface area contributed by atoms with Crippen molar-refractivity contribution in [3.63, 3.8) is 0 Å². The Morgan fingerprint density at radius 1 is 0.833 bits per heavy atom. The Labute approximate surface area is 452 Å². The summed E-state index contributed by atoms with van der Waals surface area (Å²) in [7, 11) is 4.39. The minimum absolute atomic E-state index is 0.0200. The van der Waals surface area contributed by atoms with Gasteiger partial charge < -0.3 is 58.3 Å². The van der Waals surface area contributed by atoms with E-state index in [1.165, 1.54) is 91.6 Å². The van der Waals surface area contributed by atoms with Gasteiger partial charge in [-0.3, -0.25) is 9.59 Å². The molecule has 418 valence electrons. The summed E-state index contributed by atoms with van der Waals surface area (Å²) in [6, 6.07) is 14.3. The summed E-state index contributed by atoms with van der Waals surface area (Å²) in [5.74, 6) is -6.86. The van der Waals surface area contributed by atoms with Crippen LogP contribution in [0.2, 0.25) is 10.0 Å². The predicted molar refractivity (Wildman–Crippen MR) is 265 cm³/mol. The Morgan fingerprint density at radius 2 is 1.40 bits per heavy atom. The number of rotatable bonds is 12. The third kappa shape index (κ3) is 9.87. The molecule has 10 atom stereocenters. The number of benzene rings is 4. The second-order valence-electron chi connectivity index (χ2n) is 19.5. The van der Waals surface area contributed by atoms with Crippen molar-refractivity contribution in [2.24, 2.45) is 0 Å². The molecule has 4 aromatic carbocycles. The molecule has 16 nitrogen and oxygen atoms in total. The van der Waals surface area contributed by atoms with Gasteiger partial charge in [-0.2, -0.15) is 26.3 Å². The molecular formula is C54H52Cl2F6N2O14. The van der Waals surface area contributed by atoms with E-state index in [1.54, 1.807) is 14.1 Å². The van der Waals surface area contributed by atoms with Gasteiger partial charge in [-0.05, 0) is 51.7 Å². The minimum Gasteiger partial charge on any atom is -0.504 e. The van der Waals surface area contributed by atoms with Crippen molar-refractivity contribution in [3.05, 3.63) is 147 Å². The van der Waals surface area contributed by atoms with Gasteiger partial charge in [0.2, 0.25) is 5.91 Å². The van der Waals surface area contributed by atoms with Gasteiger partial charge in [0.1, 0.15) is 12.7 Å². The van der Waals surface area contributed by atoms with Crippen LogP contribution in [0.1, 0.15) is 78.8 Å². The van der Waals surface area contributed by atoms with E-state index in [0.29, 0.717) is 14.2 Å². The lowest BCUT2D eigenvalue weighted by Crippen LogP contribution is -2.69. The number of aromatic hydroxyl groups is 1. The number of nitrogens with one attached hydrogen (secondary N) is 1. The number of aliphatic hydroxyl groups is 1. The maximum atomic E-state index is 15.4. The highest BCUT2D eigenvalue weighted by atomic mass is 35.5. The van der Waals surface area contributed by atoms with E-state index >= 15 is 26.3 Å². The van der Waals surface area contributed by atoms with Crippen LogP contribution in [-0.2, 0) is 63.5 Å². The molecule has 3 N–H and O–H groups in total. The van der Waals surface area contributed by atoms with Crippen molar-refractivity contribution in [2.75, 3.05) is 34.9 Å². The lowest BCUT2D eigenvalue weighted by Gasteiger charge is -2.52. The molecule has 5 aliphatic heterocycles. The second kappa shape index (κ2) is 21.4. The molecule has 1 fully saturated rings. The third-order valence-electron chi connectivity index (χ3n) is 14.1. The average molecular weight is 1140 g/mol. The summed E-state index contributed by atoms with van der Waals surface area (Å²) >= 11 is 14.2. The van der Waals surface area contributed by atoms with Crippen LogP contribution < -0.4 is 10.1 Å². The quantitative estimate of drug-likeness (QED) is 0.0691. The van der Waals surface area contributed by atoms with E-state index < -0.39 is 137 Å². The van der Waals surface area contributed by atoms with Gasteiger partial charge in [0.05, 0.1) is 34.2 Å². The fourth-order valence-corrected chi connectivity index (χ4v) is 11.4. The molecule has 4 aromatic rings. The first kappa shape index (κ1) is 57.9. The first-order valence-corrected chi connectivity index (χ1v) is 24.7. The zero-order valence-corrected chi connectivity index (χ0v) is 44.0. The summed E-state index contributed by atoms with van der Waals surface area (Å²) in [6.45, 7) is 3.21. The molecule has 24 heteroatoms. The number of fused-ring (bicyclic) bond motifs is 1. The molecule has 78 heavy (non-hydrogen) atoms. The molecule has 1 amide bonds.